The van der Waals surface area contributed by atoms with E-state index in [1.807, 2.05) is 33.8 Å². The summed E-state index contributed by atoms with van der Waals surface area (Å²) < 4.78 is 11.0. The number of aliphatic carboxylic acids is 1. The van der Waals surface area contributed by atoms with E-state index >= 15 is 0 Å². The van der Waals surface area contributed by atoms with Crippen molar-refractivity contribution in [3.05, 3.63) is 47.2 Å². The van der Waals surface area contributed by atoms with Crippen LogP contribution in [0.3, 0.4) is 0 Å². The minimum atomic E-state index is -0.851. The topological polar surface area (TPSA) is 72.6 Å². The standard InChI is InChI=1S/C15H17NO4.C2H6.CH4/c1-10-14(16-11(2)20-10)6-7-19-13-5-3-4-12(8-13)9-15(17)18;1-2;/h3-5,8H,6-7,9H2,1-2H3,(H,17,18);1-2H3;1H4. The molecule has 0 atom stereocenters. The fourth-order valence-corrected chi connectivity index (χ4v) is 1.99. The van der Waals surface area contributed by atoms with E-state index < -0.39 is 5.97 Å². The zero-order valence-corrected chi connectivity index (χ0v) is 13.5. The van der Waals surface area contributed by atoms with Crippen molar-refractivity contribution < 1.29 is 19.1 Å². The van der Waals surface area contributed by atoms with Crippen LogP contribution in [0.2, 0.25) is 0 Å². The van der Waals surface area contributed by atoms with Gasteiger partial charge in [-0.15, -0.1) is 0 Å². The third-order valence-corrected chi connectivity index (χ3v) is 2.86. The molecule has 128 valence electrons. The van der Waals surface area contributed by atoms with Gasteiger partial charge >= 0.3 is 5.97 Å². The average molecular weight is 321 g/mol. The van der Waals surface area contributed by atoms with Gasteiger partial charge < -0.3 is 14.3 Å². The summed E-state index contributed by atoms with van der Waals surface area (Å²) in [4.78, 5) is 14.9. The van der Waals surface area contributed by atoms with Gasteiger partial charge in [0.15, 0.2) is 5.89 Å². The van der Waals surface area contributed by atoms with Gasteiger partial charge in [0.05, 0.1) is 18.7 Å². The van der Waals surface area contributed by atoms with Crippen LogP contribution in [0, 0.1) is 13.8 Å². The van der Waals surface area contributed by atoms with Crippen molar-refractivity contribution in [2.75, 3.05) is 6.61 Å². The Balaban J connectivity index is 0.00000155. The zero-order chi connectivity index (χ0) is 16.5. The first-order chi connectivity index (χ1) is 10.5. The molecule has 0 saturated carbocycles. The van der Waals surface area contributed by atoms with Gasteiger partial charge in [-0.1, -0.05) is 33.4 Å². The predicted octanol–water partition coefficient (Wildman–Crippen LogP) is 4.20. The Morgan fingerprint density at radius 1 is 1.30 bits per heavy atom. The summed E-state index contributed by atoms with van der Waals surface area (Å²) in [5, 5.41) is 8.76. The second kappa shape index (κ2) is 10.4. The largest absolute Gasteiger partial charge is 0.493 e. The highest BCUT2D eigenvalue weighted by Crippen LogP contribution is 2.15. The molecule has 5 nitrogen and oxygen atoms in total. The lowest BCUT2D eigenvalue weighted by Gasteiger charge is -2.06. The van der Waals surface area contributed by atoms with E-state index in [0.29, 0.717) is 24.7 Å². The summed E-state index contributed by atoms with van der Waals surface area (Å²) in [6.45, 7) is 8.17. The number of nitrogens with zero attached hydrogens (tertiary/aromatic N) is 1. The van der Waals surface area contributed by atoms with E-state index in [9.17, 15) is 4.79 Å². The van der Waals surface area contributed by atoms with Gasteiger partial charge in [-0.05, 0) is 24.6 Å². The van der Waals surface area contributed by atoms with Gasteiger partial charge in [0, 0.05) is 13.3 Å². The first-order valence-corrected chi connectivity index (χ1v) is 7.41. The second-order valence-corrected chi connectivity index (χ2v) is 4.55. The van der Waals surface area contributed by atoms with E-state index in [0.717, 1.165) is 17.0 Å². The molecule has 0 aliphatic heterocycles. The Morgan fingerprint density at radius 2 is 2.00 bits per heavy atom. The molecule has 0 aliphatic rings. The molecule has 1 aromatic carbocycles. The van der Waals surface area contributed by atoms with Crippen molar-refractivity contribution in [3.63, 3.8) is 0 Å². The van der Waals surface area contributed by atoms with Gasteiger partial charge in [0.2, 0.25) is 0 Å². The van der Waals surface area contributed by atoms with Crippen LogP contribution in [0.25, 0.3) is 0 Å². The van der Waals surface area contributed by atoms with Gasteiger partial charge in [-0.3, -0.25) is 4.79 Å². The minimum Gasteiger partial charge on any atom is -0.493 e. The molecule has 1 N–H and O–H groups in total. The SMILES string of the molecule is C.CC.Cc1nc(CCOc2cccc(CC(=O)O)c2)c(C)o1. The van der Waals surface area contributed by atoms with Crippen LogP contribution >= 0.6 is 0 Å². The highest BCUT2D eigenvalue weighted by atomic mass is 16.5. The molecule has 1 aromatic heterocycles. The number of aromatic nitrogens is 1. The van der Waals surface area contributed by atoms with Gasteiger partial charge in [-0.2, -0.15) is 0 Å². The highest BCUT2D eigenvalue weighted by Gasteiger charge is 2.07. The maximum Gasteiger partial charge on any atom is 0.307 e. The number of oxazole rings is 1. The number of carboxylic acids is 1. The van der Waals surface area contributed by atoms with Crippen LogP contribution < -0.4 is 4.74 Å². The van der Waals surface area contributed by atoms with Crippen LogP contribution in [-0.4, -0.2) is 22.7 Å². The second-order valence-electron chi connectivity index (χ2n) is 4.55. The summed E-state index contributed by atoms with van der Waals surface area (Å²) in [5.74, 6) is 1.28. The molecule has 0 unspecified atom stereocenters. The highest BCUT2D eigenvalue weighted by molar-refractivity contribution is 5.70. The molecular formula is C18H27NO4. The zero-order valence-electron chi connectivity index (χ0n) is 13.5. The number of hydrogen-bond acceptors (Lipinski definition) is 4. The van der Waals surface area contributed by atoms with Crippen LogP contribution in [-0.2, 0) is 17.6 Å². The van der Waals surface area contributed by atoms with Crippen LogP contribution in [0.4, 0.5) is 0 Å². The maximum atomic E-state index is 10.7. The molecule has 0 spiro atoms. The van der Waals surface area contributed by atoms with Crippen molar-refractivity contribution in [2.24, 2.45) is 0 Å². The number of benzene rings is 1. The van der Waals surface area contributed by atoms with Crippen LogP contribution in [0.15, 0.2) is 28.7 Å². The Labute approximate surface area is 138 Å². The van der Waals surface area contributed by atoms with Crippen molar-refractivity contribution >= 4 is 5.97 Å². The minimum absolute atomic E-state index is 0. The average Bonchev–Trinajstić information content (AvgIpc) is 2.79. The Bertz CT molecular complexity index is 605. The molecule has 0 aliphatic carbocycles. The summed E-state index contributed by atoms with van der Waals surface area (Å²) >= 11 is 0. The quantitative estimate of drug-likeness (QED) is 0.863. The Kier molecular flexibility index (Phi) is 9.39. The molecule has 0 bridgehead atoms. The molecule has 23 heavy (non-hydrogen) atoms. The lowest BCUT2D eigenvalue weighted by atomic mass is 10.1. The van der Waals surface area contributed by atoms with Gasteiger partial charge in [0.25, 0.3) is 0 Å². The maximum absolute atomic E-state index is 10.7. The third kappa shape index (κ3) is 7.00. The van der Waals surface area contributed by atoms with Crippen LogP contribution in [0.5, 0.6) is 5.75 Å². The summed E-state index contributed by atoms with van der Waals surface area (Å²) in [6, 6.07) is 7.12. The summed E-state index contributed by atoms with van der Waals surface area (Å²) in [7, 11) is 0. The smallest absolute Gasteiger partial charge is 0.307 e. The molecule has 2 aromatic rings. The monoisotopic (exact) mass is 321 g/mol. The fraction of sp³-hybridized carbons (Fsp3) is 0.444. The van der Waals surface area contributed by atoms with Gasteiger partial charge in [0.1, 0.15) is 11.5 Å². The Morgan fingerprint density at radius 3 is 2.57 bits per heavy atom. The van der Waals surface area contributed by atoms with E-state index in [2.05, 4.69) is 4.98 Å². The molecule has 0 saturated heterocycles. The molecule has 2 rings (SSSR count). The molecule has 0 fully saturated rings. The molecular weight excluding hydrogens is 294 g/mol. The lowest BCUT2D eigenvalue weighted by molar-refractivity contribution is -0.136. The number of carbonyl (C=O) groups is 1. The molecule has 0 amide bonds. The number of hydrogen-bond donors (Lipinski definition) is 1. The third-order valence-electron chi connectivity index (χ3n) is 2.86. The van der Waals surface area contributed by atoms with Crippen molar-refractivity contribution in [3.8, 4) is 5.75 Å². The molecule has 5 heteroatoms. The number of carboxylic acid groups (broad SMARTS) is 1. The first-order valence-electron chi connectivity index (χ1n) is 7.41. The van der Waals surface area contributed by atoms with Crippen LogP contribution in [0.1, 0.15) is 44.2 Å². The summed E-state index contributed by atoms with van der Waals surface area (Å²) in [6.07, 6.45) is 0.658. The van der Waals surface area contributed by atoms with Crippen molar-refractivity contribution in [2.45, 2.75) is 48.0 Å². The number of rotatable bonds is 6. The molecule has 1 heterocycles. The first kappa shape index (κ1) is 20.7. The van der Waals surface area contributed by atoms with E-state index in [1.54, 1.807) is 18.2 Å². The van der Waals surface area contributed by atoms with Crippen molar-refractivity contribution in [1.29, 1.82) is 0 Å². The van der Waals surface area contributed by atoms with E-state index in [4.69, 9.17) is 14.3 Å². The summed E-state index contributed by atoms with van der Waals surface area (Å²) in [5.41, 5.74) is 1.62. The van der Waals surface area contributed by atoms with E-state index in [1.165, 1.54) is 0 Å². The predicted molar refractivity (Wildman–Crippen MR) is 91.0 cm³/mol. The lowest BCUT2D eigenvalue weighted by Crippen LogP contribution is -2.04. The number of aryl methyl sites for hydroxylation is 2. The normalized spacial score (nSPS) is 9.39. The number of ether oxygens (including phenoxy) is 1. The van der Waals surface area contributed by atoms with E-state index in [-0.39, 0.29) is 13.8 Å². The van der Waals surface area contributed by atoms with Gasteiger partial charge in [-0.25, -0.2) is 4.98 Å². The Hall–Kier alpha value is -2.30. The molecule has 0 radical (unpaired) electrons. The van der Waals surface area contributed by atoms with Crippen molar-refractivity contribution in [1.82, 2.24) is 4.98 Å². The fourth-order valence-electron chi connectivity index (χ4n) is 1.99.